The highest BCUT2D eigenvalue weighted by molar-refractivity contribution is 6.12. The number of aryl methyl sites for hydroxylation is 1. The zero-order valence-electron chi connectivity index (χ0n) is 13.1. The second-order valence-corrected chi connectivity index (χ2v) is 5.15. The number of Topliss-reactive ketones (excluding diaryl/α,β-unsaturated/α-hetero) is 1. The molecular formula is C19H18O4. The molecule has 2 aromatic carbocycles. The van der Waals surface area contributed by atoms with Crippen LogP contribution in [-0.2, 0) is 4.79 Å². The monoisotopic (exact) mass is 310 g/mol. The van der Waals surface area contributed by atoms with Gasteiger partial charge in [-0.3, -0.25) is 9.59 Å². The molecule has 23 heavy (non-hydrogen) atoms. The lowest BCUT2D eigenvalue weighted by atomic mass is 10.0. The maximum atomic E-state index is 12.1. The van der Waals surface area contributed by atoms with Crippen molar-refractivity contribution in [3.8, 4) is 11.5 Å². The molecule has 0 fully saturated rings. The van der Waals surface area contributed by atoms with E-state index in [0.717, 1.165) is 5.56 Å². The van der Waals surface area contributed by atoms with Crippen LogP contribution in [0.5, 0.6) is 11.5 Å². The van der Waals surface area contributed by atoms with Crippen LogP contribution >= 0.6 is 0 Å². The summed E-state index contributed by atoms with van der Waals surface area (Å²) in [7, 11) is 1.45. The molecule has 2 aromatic rings. The lowest BCUT2D eigenvalue weighted by molar-refractivity contribution is -0.113. The second kappa shape index (κ2) is 7.40. The third-order valence-electron chi connectivity index (χ3n) is 3.45. The van der Waals surface area contributed by atoms with Gasteiger partial charge >= 0.3 is 0 Å². The van der Waals surface area contributed by atoms with Gasteiger partial charge in [0, 0.05) is 5.56 Å². The minimum Gasteiger partial charge on any atom is -0.504 e. The molecule has 0 amide bonds. The fourth-order valence-electron chi connectivity index (χ4n) is 2.19. The summed E-state index contributed by atoms with van der Waals surface area (Å²) in [4.78, 5) is 24.1. The summed E-state index contributed by atoms with van der Waals surface area (Å²) in [5.74, 6) is -0.104. The van der Waals surface area contributed by atoms with E-state index in [1.807, 2.05) is 19.1 Å². The zero-order chi connectivity index (χ0) is 16.8. The highest BCUT2D eigenvalue weighted by Crippen LogP contribution is 2.26. The van der Waals surface area contributed by atoms with Gasteiger partial charge in [-0.05, 0) is 36.3 Å². The number of methoxy groups -OCH3 is 1. The van der Waals surface area contributed by atoms with Gasteiger partial charge in [-0.1, -0.05) is 36.4 Å². The summed E-state index contributed by atoms with van der Waals surface area (Å²) in [5, 5.41) is 9.52. The third-order valence-corrected chi connectivity index (χ3v) is 3.45. The number of benzene rings is 2. The highest BCUT2D eigenvalue weighted by Gasteiger charge is 2.11. The Morgan fingerprint density at radius 3 is 2.61 bits per heavy atom. The summed E-state index contributed by atoms with van der Waals surface area (Å²) in [6.07, 6.45) is 2.79. The van der Waals surface area contributed by atoms with Crippen LogP contribution in [0.3, 0.4) is 0 Å². The van der Waals surface area contributed by atoms with Gasteiger partial charge in [0.15, 0.2) is 23.1 Å². The van der Waals surface area contributed by atoms with E-state index in [-0.39, 0.29) is 23.7 Å². The summed E-state index contributed by atoms with van der Waals surface area (Å²) < 4.78 is 5.01. The topological polar surface area (TPSA) is 63.6 Å². The van der Waals surface area contributed by atoms with Crippen LogP contribution in [0, 0.1) is 6.92 Å². The van der Waals surface area contributed by atoms with Crippen LogP contribution < -0.4 is 4.74 Å². The van der Waals surface area contributed by atoms with E-state index in [2.05, 4.69) is 0 Å². The Hall–Kier alpha value is -2.88. The first-order valence-electron chi connectivity index (χ1n) is 7.18. The number of ether oxygens (including phenoxy) is 1. The number of phenolic OH excluding ortho intramolecular Hbond substituents is 1. The van der Waals surface area contributed by atoms with Crippen LogP contribution in [-0.4, -0.2) is 23.8 Å². The van der Waals surface area contributed by atoms with Crippen molar-refractivity contribution < 1.29 is 19.4 Å². The fraction of sp³-hybridized carbons (Fsp3) is 0.158. The van der Waals surface area contributed by atoms with E-state index in [1.54, 1.807) is 30.3 Å². The molecule has 0 spiro atoms. The Bertz CT molecular complexity index is 760. The number of carbonyl (C=O) groups excluding carboxylic acids is 2. The molecule has 0 aromatic heterocycles. The van der Waals surface area contributed by atoms with Crippen molar-refractivity contribution in [2.45, 2.75) is 13.3 Å². The predicted octanol–water partition coefficient (Wildman–Crippen LogP) is 3.56. The number of allylic oxidation sites excluding steroid dienone is 1. The average molecular weight is 310 g/mol. The largest absolute Gasteiger partial charge is 0.504 e. The molecule has 4 nitrogen and oxygen atoms in total. The lowest BCUT2D eigenvalue weighted by Gasteiger charge is -2.04. The molecule has 0 aliphatic rings. The van der Waals surface area contributed by atoms with Gasteiger partial charge in [0.05, 0.1) is 13.5 Å². The van der Waals surface area contributed by atoms with Crippen LogP contribution in [0.2, 0.25) is 0 Å². The van der Waals surface area contributed by atoms with Crippen molar-refractivity contribution in [1.82, 2.24) is 0 Å². The highest BCUT2D eigenvalue weighted by atomic mass is 16.5. The van der Waals surface area contributed by atoms with Gasteiger partial charge in [-0.2, -0.15) is 0 Å². The number of phenols is 1. The molecule has 2 rings (SSSR count). The Morgan fingerprint density at radius 2 is 1.91 bits per heavy atom. The molecular weight excluding hydrogens is 292 g/mol. The molecule has 0 saturated carbocycles. The number of carbonyl (C=O) groups is 2. The standard InChI is InChI=1S/C19H18O4/c1-13-5-3-4-6-16(13)18(22)12-15(20)9-7-14-8-10-17(21)19(11-14)23-2/h3-11,21H,12H2,1-2H3. The normalized spacial score (nSPS) is 10.7. The molecule has 118 valence electrons. The van der Waals surface area contributed by atoms with Crippen molar-refractivity contribution in [2.75, 3.05) is 7.11 Å². The van der Waals surface area contributed by atoms with Crippen molar-refractivity contribution in [3.63, 3.8) is 0 Å². The van der Waals surface area contributed by atoms with Gasteiger partial charge in [0.25, 0.3) is 0 Å². The van der Waals surface area contributed by atoms with Crippen molar-refractivity contribution in [2.24, 2.45) is 0 Å². The minimum absolute atomic E-state index is 0.0331. The molecule has 0 radical (unpaired) electrons. The molecule has 4 heteroatoms. The zero-order valence-corrected chi connectivity index (χ0v) is 13.1. The first-order chi connectivity index (χ1) is 11.0. The number of rotatable bonds is 6. The first-order valence-corrected chi connectivity index (χ1v) is 7.18. The molecule has 0 aliphatic heterocycles. The summed E-state index contributed by atoms with van der Waals surface area (Å²) in [5.41, 5.74) is 2.13. The quantitative estimate of drug-likeness (QED) is 0.503. The Balaban J connectivity index is 2.05. The molecule has 0 atom stereocenters. The van der Waals surface area contributed by atoms with Crippen LogP contribution in [0.4, 0.5) is 0 Å². The molecule has 0 bridgehead atoms. The lowest BCUT2D eigenvalue weighted by Crippen LogP contribution is -2.07. The van der Waals surface area contributed by atoms with Gasteiger partial charge in [0.2, 0.25) is 0 Å². The van der Waals surface area contributed by atoms with Crippen molar-refractivity contribution >= 4 is 17.6 Å². The maximum absolute atomic E-state index is 12.1. The van der Waals surface area contributed by atoms with E-state index in [0.29, 0.717) is 16.9 Å². The van der Waals surface area contributed by atoms with E-state index >= 15 is 0 Å². The van der Waals surface area contributed by atoms with E-state index in [1.165, 1.54) is 19.3 Å². The minimum atomic E-state index is -0.273. The Morgan fingerprint density at radius 1 is 1.17 bits per heavy atom. The van der Waals surface area contributed by atoms with Crippen LogP contribution in [0.25, 0.3) is 6.08 Å². The Labute approximate surface area is 135 Å². The second-order valence-electron chi connectivity index (χ2n) is 5.15. The van der Waals surface area contributed by atoms with Gasteiger partial charge in [-0.25, -0.2) is 0 Å². The number of ketones is 2. The van der Waals surface area contributed by atoms with E-state index in [4.69, 9.17) is 4.74 Å². The van der Waals surface area contributed by atoms with Crippen LogP contribution in [0.15, 0.2) is 48.5 Å². The molecule has 0 aliphatic carbocycles. The number of hydrogen-bond acceptors (Lipinski definition) is 4. The van der Waals surface area contributed by atoms with Gasteiger partial charge in [-0.15, -0.1) is 0 Å². The summed E-state index contributed by atoms with van der Waals surface area (Å²) in [6.45, 7) is 1.84. The molecule has 0 heterocycles. The van der Waals surface area contributed by atoms with Crippen molar-refractivity contribution in [1.29, 1.82) is 0 Å². The Kier molecular flexibility index (Phi) is 5.31. The van der Waals surface area contributed by atoms with Crippen LogP contribution in [0.1, 0.15) is 27.9 Å². The molecule has 0 saturated heterocycles. The third kappa shape index (κ3) is 4.30. The van der Waals surface area contributed by atoms with Gasteiger partial charge < -0.3 is 9.84 Å². The first kappa shape index (κ1) is 16.5. The smallest absolute Gasteiger partial charge is 0.170 e. The fourth-order valence-corrected chi connectivity index (χ4v) is 2.19. The summed E-state index contributed by atoms with van der Waals surface area (Å²) >= 11 is 0. The SMILES string of the molecule is COc1cc(C=CC(=O)CC(=O)c2ccccc2C)ccc1O. The maximum Gasteiger partial charge on any atom is 0.170 e. The average Bonchev–Trinajstić information content (AvgIpc) is 2.54. The number of hydrogen-bond donors (Lipinski definition) is 1. The predicted molar refractivity (Wildman–Crippen MR) is 88.8 cm³/mol. The van der Waals surface area contributed by atoms with Crippen molar-refractivity contribution in [3.05, 3.63) is 65.2 Å². The van der Waals surface area contributed by atoms with E-state index in [9.17, 15) is 14.7 Å². The number of aromatic hydroxyl groups is 1. The molecule has 1 N–H and O–H groups in total. The summed E-state index contributed by atoms with van der Waals surface area (Å²) in [6, 6.07) is 12.0. The molecule has 0 unspecified atom stereocenters. The van der Waals surface area contributed by atoms with Gasteiger partial charge in [0.1, 0.15) is 0 Å². The van der Waals surface area contributed by atoms with E-state index < -0.39 is 0 Å².